The summed E-state index contributed by atoms with van der Waals surface area (Å²) in [5, 5.41) is 2.88. The number of hydrogen-bond donors (Lipinski definition) is 2. The van der Waals surface area contributed by atoms with Crippen LogP contribution in [-0.4, -0.2) is 10.9 Å². The van der Waals surface area contributed by atoms with Gasteiger partial charge in [-0.25, -0.2) is 0 Å². The minimum Gasteiger partial charge on any atom is -0.361 e. The normalized spacial score (nSPS) is 15.8. The van der Waals surface area contributed by atoms with Gasteiger partial charge in [-0.3, -0.25) is 4.79 Å². The number of nitrogens with one attached hydrogen (secondary N) is 2. The molecule has 1 aliphatic rings. The van der Waals surface area contributed by atoms with Crippen LogP contribution >= 0.6 is 0 Å². The van der Waals surface area contributed by atoms with E-state index in [0.29, 0.717) is 0 Å². The second-order valence-corrected chi connectivity index (χ2v) is 4.33. The molecule has 0 fully saturated rings. The number of fused-ring (bicyclic) bond motifs is 1. The molecule has 0 bridgehead atoms. The molecule has 0 radical (unpaired) electrons. The van der Waals surface area contributed by atoms with Gasteiger partial charge in [-0.15, -0.1) is 0 Å². The average molecular weight is 238 g/mol. The summed E-state index contributed by atoms with van der Waals surface area (Å²) in [6.07, 6.45) is 4.79. The molecule has 1 aromatic carbocycles. The molecule has 3 nitrogen and oxygen atoms in total. The maximum absolute atomic E-state index is 12.0. The van der Waals surface area contributed by atoms with E-state index in [1.807, 2.05) is 42.6 Å². The van der Waals surface area contributed by atoms with Gasteiger partial charge >= 0.3 is 0 Å². The first-order valence-corrected chi connectivity index (χ1v) is 6.08. The molecule has 0 saturated heterocycles. The van der Waals surface area contributed by atoms with E-state index in [0.717, 1.165) is 28.9 Å². The number of anilines is 1. The molecular formula is C15H14N2O. The molecule has 3 rings (SSSR count). The lowest BCUT2D eigenvalue weighted by atomic mass is 10.0. The molecule has 2 heterocycles. The second-order valence-electron chi connectivity index (χ2n) is 4.33. The smallest absolute Gasteiger partial charge is 0.256 e. The Kier molecular flexibility index (Phi) is 2.52. The Morgan fingerprint density at radius 1 is 1.22 bits per heavy atom. The summed E-state index contributed by atoms with van der Waals surface area (Å²) in [5.41, 5.74) is 4.82. The summed E-state index contributed by atoms with van der Waals surface area (Å²) in [4.78, 5) is 15.1. The summed E-state index contributed by atoms with van der Waals surface area (Å²) in [6.45, 7) is 2.11. The minimum atomic E-state index is -0.0344. The van der Waals surface area contributed by atoms with Gasteiger partial charge < -0.3 is 10.3 Å². The van der Waals surface area contributed by atoms with Gasteiger partial charge in [0.05, 0.1) is 5.57 Å². The molecule has 0 spiro atoms. The summed E-state index contributed by atoms with van der Waals surface area (Å²) in [5.74, 6) is -0.0344. The van der Waals surface area contributed by atoms with Crippen LogP contribution in [0.3, 0.4) is 0 Å². The highest BCUT2D eigenvalue weighted by atomic mass is 16.2. The topological polar surface area (TPSA) is 44.9 Å². The number of carbonyl (C=O) groups excluding carboxylic acids is 1. The van der Waals surface area contributed by atoms with E-state index in [2.05, 4.69) is 17.2 Å². The number of amides is 1. The van der Waals surface area contributed by atoms with Gasteiger partial charge in [0.25, 0.3) is 5.91 Å². The van der Waals surface area contributed by atoms with Gasteiger partial charge in [-0.2, -0.15) is 0 Å². The third-order valence-electron chi connectivity index (χ3n) is 3.25. The number of carbonyl (C=O) groups is 1. The van der Waals surface area contributed by atoms with E-state index in [9.17, 15) is 4.79 Å². The third kappa shape index (κ3) is 1.64. The number of benzene rings is 1. The standard InChI is InChI=1S/C15H14N2O/c1-2-10-7-8-16-14(10)9-12-11-5-3-4-6-13(11)17-15(12)18/h3-9,16H,2H2,1H3,(H,17,18)/b12-9-. The van der Waals surface area contributed by atoms with E-state index < -0.39 is 0 Å². The summed E-state index contributed by atoms with van der Waals surface area (Å²) >= 11 is 0. The van der Waals surface area contributed by atoms with Crippen molar-refractivity contribution in [1.29, 1.82) is 0 Å². The van der Waals surface area contributed by atoms with Gasteiger partial charge in [-0.1, -0.05) is 25.1 Å². The van der Waals surface area contributed by atoms with Crippen molar-refractivity contribution >= 4 is 23.2 Å². The van der Waals surface area contributed by atoms with Crippen molar-refractivity contribution in [3.8, 4) is 0 Å². The maximum atomic E-state index is 12.0. The zero-order valence-electron chi connectivity index (χ0n) is 10.2. The van der Waals surface area contributed by atoms with Crippen molar-refractivity contribution in [3.63, 3.8) is 0 Å². The molecule has 2 aromatic rings. The summed E-state index contributed by atoms with van der Waals surface area (Å²) in [7, 11) is 0. The summed E-state index contributed by atoms with van der Waals surface area (Å²) in [6, 6.07) is 9.80. The Bertz CT molecular complexity index is 637. The third-order valence-corrected chi connectivity index (χ3v) is 3.25. The second kappa shape index (κ2) is 4.18. The number of aryl methyl sites for hydroxylation is 1. The largest absolute Gasteiger partial charge is 0.361 e. The molecule has 1 aliphatic heterocycles. The Labute approximate surface area is 106 Å². The predicted octanol–water partition coefficient (Wildman–Crippen LogP) is 3.07. The molecule has 1 aromatic heterocycles. The van der Waals surface area contributed by atoms with Crippen LogP contribution in [0.25, 0.3) is 11.6 Å². The lowest BCUT2D eigenvalue weighted by Gasteiger charge is -1.99. The first-order valence-electron chi connectivity index (χ1n) is 6.08. The SMILES string of the molecule is CCc1cc[nH]c1/C=C1\C(=O)Nc2ccccc21. The van der Waals surface area contributed by atoms with E-state index >= 15 is 0 Å². The van der Waals surface area contributed by atoms with Crippen LogP contribution in [0, 0.1) is 0 Å². The number of rotatable bonds is 2. The number of hydrogen-bond acceptors (Lipinski definition) is 1. The average Bonchev–Trinajstić information content (AvgIpc) is 2.95. The number of para-hydroxylation sites is 1. The fourth-order valence-electron chi connectivity index (χ4n) is 2.28. The van der Waals surface area contributed by atoms with Crippen molar-refractivity contribution in [1.82, 2.24) is 4.98 Å². The van der Waals surface area contributed by atoms with Crippen molar-refractivity contribution < 1.29 is 4.79 Å². The molecule has 2 N–H and O–H groups in total. The number of aromatic nitrogens is 1. The van der Waals surface area contributed by atoms with Gasteiger partial charge in [0.1, 0.15) is 0 Å². The lowest BCUT2D eigenvalue weighted by Crippen LogP contribution is -2.03. The fourth-order valence-corrected chi connectivity index (χ4v) is 2.28. The first-order chi connectivity index (χ1) is 8.79. The van der Waals surface area contributed by atoms with Gasteiger partial charge in [-0.05, 0) is 30.2 Å². The maximum Gasteiger partial charge on any atom is 0.256 e. The molecule has 0 saturated carbocycles. The highest BCUT2D eigenvalue weighted by Gasteiger charge is 2.23. The number of aromatic amines is 1. The zero-order valence-corrected chi connectivity index (χ0v) is 10.2. The molecule has 18 heavy (non-hydrogen) atoms. The fraction of sp³-hybridized carbons (Fsp3) is 0.133. The minimum absolute atomic E-state index is 0.0344. The Morgan fingerprint density at radius 2 is 2.06 bits per heavy atom. The number of H-pyrrole nitrogens is 1. The molecule has 3 heteroatoms. The Balaban J connectivity index is 2.10. The van der Waals surface area contributed by atoms with Gasteiger partial charge in [0.15, 0.2) is 0 Å². The molecule has 90 valence electrons. The Morgan fingerprint density at radius 3 is 2.89 bits per heavy atom. The monoisotopic (exact) mass is 238 g/mol. The van der Waals surface area contributed by atoms with Crippen LogP contribution in [0.15, 0.2) is 36.5 Å². The molecule has 0 atom stereocenters. The first kappa shape index (κ1) is 10.8. The van der Waals surface area contributed by atoms with Crippen LogP contribution in [0.2, 0.25) is 0 Å². The van der Waals surface area contributed by atoms with Crippen LogP contribution < -0.4 is 5.32 Å². The van der Waals surface area contributed by atoms with Gasteiger partial charge in [0, 0.05) is 23.1 Å². The molecular weight excluding hydrogens is 224 g/mol. The van der Waals surface area contributed by atoms with E-state index in [-0.39, 0.29) is 5.91 Å². The van der Waals surface area contributed by atoms with Crippen LogP contribution in [-0.2, 0) is 11.2 Å². The van der Waals surface area contributed by atoms with Gasteiger partial charge in [0.2, 0.25) is 0 Å². The molecule has 0 aliphatic carbocycles. The highest BCUT2D eigenvalue weighted by Crippen LogP contribution is 2.32. The predicted molar refractivity (Wildman–Crippen MR) is 73.1 cm³/mol. The van der Waals surface area contributed by atoms with Crippen molar-refractivity contribution in [2.45, 2.75) is 13.3 Å². The Hall–Kier alpha value is -2.29. The van der Waals surface area contributed by atoms with E-state index in [4.69, 9.17) is 0 Å². The van der Waals surface area contributed by atoms with E-state index in [1.54, 1.807) is 0 Å². The van der Waals surface area contributed by atoms with Crippen molar-refractivity contribution in [2.75, 3.05) is 5.32 Å². The quantitative estimate of drug-likeness (QED) is 0.776. The van der Waals surface area contributed by atoms with Crippen LogP contribution in [0.5, 0.6) is 0 Å². The molecule has 0 unspecified atom stereocenters. The highest BCUT2D eigenvalue weighted by molar-refractivity contribution is 6.34. The summed E-state index contributed by atoms with van der Waals surface area (Å²) < 4.78 is 0. The van der Waals surface area contributed by atoms with E-state index in [1.165, 1.54) is 5.56 Å². The molecule has 1 amide bonds. The van der Waals surface area contributed by atoms with Crippen LogP contribution in [0.1, 0.15) is 23.7 Å². The van der Waals surface area contributed by atoms with Crippen LogP contribution in [0.4, 0.5) is 5.69 Å². The van der Waals surface area contributed by atoms with Crippen molar-refractivity contribution in [2.24, 2.45) is 0 Å². The zero-order chi connectivity index (χ0) is 12.5. The van der Waals surface area contributed by atoms with Crippen molar-refractivity contribution in [3.05, 3.63) is 53.3 Å². The lowest BCUT2D eigenvalue weighted by molar-refractivity contribution is -0.110.